The highest BCUT2D eigenvalue weighted by molar-refractivity contribution is 9.10. The lowest BCUT2D eigenvalue weighted by Crippen LogP contribution is -2.22. The van der Waals surface area contributed by atoms with Crippen LogP contribution < -0.4 is 5.32 Å². The van der Waals surface area contributed by atoms with Gasteiger partial charge in [-0.25, -0.2) is 9.07 Å². The molecule has 1 N–H and O–H groups in total. The summed E-state index contributed by atoms with van der Waals surface area (Å²) in [5, 5.41) is 16.0. The fourth-order valence-electron chi connectivity index (χ4n) is 1.88. The van der Waals surface area contributed by atoms with Crippen LogP contribution in [-0.2, 0) is 12.3 Å². The molecular weight excluding hydrogens is 357 g/mol. The normalized spacial score (nSPS) is 14.6. The van der Waals surface area contributed by atoms with E-state index >= 15 is 0 Å². The summed E-state index contributed by atoms with van der Waals surface area (Å²) >= 11 is 4.75. The summed E-state index contributed by atoms with van der Waals surface area (Å²) in [6.07, 6.45) is 2.55. The lowest BCUT2D eigenvalue weighted by molar-refractivity contribution is 0.509. The zero-order valence-corrected chi connectivity index (χ0v) is 13.7. The van der Waals surface area contributed by atoms with Crippen molar-refractivity contribution in [3.05, 3.63) is 34.1 Å². The highest BCUT2D eigenvalue weighted by Crippen LogP contribution is 2.23. The van der Waals surface area contributed by atoms with E-state index in [9.17, 15) is 4.39 Å². The third-order valence-corrected chi connectivity index (χ3v) is 4.82. The first-order chi connectivity index (χ1) is 10.2. The first-order valence-electron chi connectivity index (χ1n) is 6.78. The summed E-state index contributed by atoms with van der Waals surface area (Å²) < 4.78 is 15.5. The standard InChI is InChI=1S/C13H15BrFN5S/c14-11-7-9(1-4-12(11)15)8-21-13-17-18-19-20(13)6-5-16-10-2-3-10/h1,4,7,10,16H,2-3,5-6,8H2. The Labute approximate surface area is 134 Å². The summed E-state index contributed by atoms with van der Waals surface area (Å²) in [7, 11) is 0. The second-order valence-electron chi connectivity index (χ2n) is 4.95. The van der Waals surface area contributed by atoms with Gasteiger partial charge >= 0.3 is 0 Å². The van der Waals surface area contributed by atoms with E-state index < -0.39 is 0 Å². The third-order valence-electron chi connectivity index (χ3n) is 3.18. The summed E-state index contributed by atoms with van der Waals surface area (Å²) in [6.45, 7) is 1.64. The Hall–Kier alpha value is -0.990. The number of hydrogen-bond donors (Lipinski definition) is 1. The van der Waals surface area contributed by atoms with Crippen molar-refractivity contribution in [3.8, 4) is 0 Å². The van der Waals surface area contributed by atoms with E-state index in [1.165, 1.54) is 18.9 Å². The molecule has 8 heteroatoms. The van der Waals surface area contributed by atoms with Gasteiger partial charge < -0.3 is 5.32 Å². The van der Waals surface area contributed by atoms with Crippen LogP contribution in [0.2, 0.25) is 0 Å². The van der Waals surface area contributed by atoms with Crippen LogP contribution in [0.25, 0.3) is 0 Å². The molecule has 1 aromatic heterocycles. The van der Waals surface area contributed by atoms with Gasteiger partial charge in [0.25, 0.3) is 0 Å². The topological polar surface area (TPSA) is 55.6 Å². The monoisotopic (exact) mass is 371 g/mol. The molecule has 21 heavy (non-hydrogen) atoms. The van der Waals surface area contributed by atoms with Crippen LogP contribution >= 0.6 is 27.7 Å². The van der Waals surface area contributed by atoms with Crippen LogP contribution in [0, 0.1) is 5.82 Å². The van der Waals surface area contributed by atoms with E-state index in [0.717, 1.165) is 23.8 Å². The Morgan fingerprint density at radius 3 is 3.05 bits per heavy atom. The molecule has 0 aliphatic heterocycles. The fourth-order valence-corrected chi connectivity index (χ4v) is 3.15. The van der Waals surface area contributed by atoms with E-state index in [1.54, 1.807) is 28.6 Å². The van der Waals surface area contributed by atoms with Gasteiger partial charge in [-0.3, -0.25) is 0 Å². The van der Waals surface area contributed by atoms with Crippen molar-refractivity contribution in [2.45, 2.75) is 36.3 Å². The van der Waals surface area contributed by atoms with Gasteiger partial charge in [-0.2, -0.15) is 0 Å². The zero-order valence-electron chi connectivity index (χ0n) is 11.3. The number of tetrazole rings is 1. The number of hydrogen-bond acceptors (Lipinski definition) is 5. The average Bonchev–Trinajstić information content (AvgIpc) is 3.19. The van der Waals surface area contributed by atoms with Crippen LogP contribution in [0.15, 0.2) is 27.8 Å². The molecule has 3 rings (SSSR count). The Kier molecular flexibility index (Phi) is 4.87. The van der Waals surface area contributed by atoms with Crippen molar-refractivity contribution < 1.29 is 4.39 Å². The molecule has 2 aromatic rings. The van der Waals surface area contributed by atoms with Crippen molar-refractivity contribution in [1.29, 1.82) is 0 Å². The first kappa shape index (κ1) is 14.9. The lowest BCUT2D eigenvalue weighted by atomic mass is 10.2. The van der Waals surface area contributed by atoms with Crippen molar-refractivity contribution in [3.63, 3.8) is 0 Å². The highest BCUT2D eigenvalue weighted by Gasteiger charge is 2.20. The molecule has 1 heterocycles. The smallest absolute Gasteiger partial charge is 0.209 e. The molecule has 0 unspecified atom stereocenters. The molecule has 0 bridgehead atoms. The largest absolute Gasteiger partial charge is 0.312 e. The Bertz CT molecular complexity index is 616. The minimum atomic E-state index is -0.250. The molecule has 1 aromatic carbocycles. The van der Waals surface area contributed by atoms with Crippen molar-refractivity contribution in [2.24, 2.45) is 0 Å². The number of aromatic nitrogens is 4. The quantitative estimate of drug-likeness (QED) is 0.758. The predicted octanol–water partition coefficient (Wildman–Crippen LogP) is 2.62. The van der Waals surface area contributed by atoms with Crippen LogP contribution in [0.4, 0.5) is 4.39 Å². The number of halogens is 2. The van der Waals surface area contributed by atoms with Gasteiger partial charge in [0.15, 0.2) is 0 Å². The number of nitrogens with one attached hydrogen (secondary N) is 1. The van der Waals surface area contributed by atoms with E-state index in [4.69, 9.17) is 0 Å². The zero-order chi connectivity index (χ0) is 14.7. The molecule has 1 saturated carbocycles. The van der Waals surface area contributed by atoms with Gasteiger partial charge in [-0.15, -0.1) is 5.10 Å². The molecule has 0 amide bonds. The molecular formula is C13H15BrFN5S. The number of benzene rings is 1. The first-order valence-corrected chi connectivity index (χ1v) is 8.56. The van der Waals surface area contributed by atoms with E-state index in [2.05, 4.69) is 36.8 Å². The van der Waals surface area contributed by atoms with Crippen molar-refractivity contribution >= 4 is 27.7 Å². The van der Waals surface area contributed by atoms with Crippen LogP contribution in [0.5, 0.6) is 0 Å². The van der Waals surface area contributed by atoms with Crippen molar-refractivity contribution in [2.75, 3.05) is 6.54 Å². The summed E-state index contributed by atoms with van der Waals surface area (Å²) in [6, 6.07) is 5.71. The molecule has 1 aliphatic carbocycles. The maximum atomic E-state index is 13.2. The van der Waals surface area contributed by atoms with E-state index in [0.29, 0.717) is 16.3 Å². The lowest BCUT2D eigenvalue weighted by Gasteiger charge is -2.06. The molecule has 0 spiro atoms. The molecule has 1 aliphatic rings. The second kappa shape index (κ2) is 6.85. The van der Waals surface area contributed by atoms with Gasteiger partial charge in [-0.05, 0) is 56.9 Å². The Morgan fingerprint density at radius 1 is 1.43 bits per heavy atom. The summed E-state index contributed by atoms with van der Waals surface area (Å²) in [5.41, 5.74) is 1.03. The Balaban J connectivity index is 1.54. The van der Waals surface area contributed by atoms with Gasteiger partial charge in [0, 0.05) is 18.3 Å². The highest BCUT2D eigenvalue weighted by atomic mass is 79.9. The maximum absolute atomic E-state index is 13.2. The minimum absolute atomic E-state index is 0.250. The third kappa shape index (κ3) is 4.24. The minimum Gasteiger partial charge on any atom is -0.312 e. The number of thioether (sulfide) groups is 1. The summed E-state index contributed by atoms with van der Waals surface area (Å²) in [4.78, 5) is 0. The number of nitrogens with zero attached hydrogens (tertiary/aromatic N) is 4. The van der Waals surface area contributed by atoms with Gasteiger partial charge in [0.1, 0.15) is 5.82 Å². The predicted molar refractivity (Wildman–Crippen MR) is 82.5 cm³/mol. The second-order valence-corrected chi connectivity index (χ2v) is 6.75. The molecule has 112 valence electrons. The average molecular weight is 372 g/mol. The van der Waals surface area contributed by atoms with Crippen LogP contribution in [0.1, 0.15) is 18.4 Å². The fraction of sp³-hybridized carbons (Fsp3) is 0.462. The molecule has 0 radical (unpaired) electrons. The van der Waals surface area contributed by atoms with E-state index in [-0.39, 0.29) is 5.82 Å². The van der Waals surface area contributed by atoms with Crippen molar-refractivity contribution in [1.82, 2.24) is 25.5 Å². The molecule has 1 fully saturated rings. The molecule has 0 saturated heterocycles. The Morgan fingerprint density at radius 2 is 2.29 bits per heavy atom. The number of rotatable bonds is 7. The van der Waals surface area contributed by atoms with Gasteiger partial charge in [0.2, 0.25) is 5.16 Å². The van der Waals surface area contributed by atoms with Gasteiger partial charge in [-0.1, -0.05) is 17.8 Å². The molecule has 5 nitrogen and oxygen atoms in total. The van der Waals surface area contributed by atoms with Crippen LogP contribution in [0.3, 0.4) is 0 Å². The van der Waals surface area contributed by atoms with E-state index in [1.807, 2.05) is 0 Å². The van der Waals surface area contributed by atoms with Crippen LogP contribution in [-0.4, -0.2) is 32.8 Å². The maximum Gasteiger partial charge on any atom is 0.209 e. The summed E-state index contributed by atoms with van der Waals surface area (Å²) in [5.74, 6) is 0.453. The SMILES string of the molecule is Fc1ccc(CSc2nnnn2CCNC2CC2)cc1Br. The van der Waals surface area contributed by atoms with Gasteiger partial charge in [0.05, 0.1) is 11.0 Å². The molecule has 0 atom stereocenters.